The summed E-state index contributed by atoms with van der Waals surface area (Å²) in [6.45, 7) is 4.51. The molecule has 1 aliphatic heterocycles. The number of carbonyl (C=O) groups is 3. The summed E-state index contributed by atoms with van der Waals surface area (Å²) in [4.78, 5) is 35.3. The van der Waals surface area contributed by atoms with Crippen LogP contribution in [0, 0.1) is 11.8 Å². The van der Waals surface area contributed by atoms with Crippen molar-refractivity contribution in [1.29, 1.82) is 0 Å². The van der Waals surface area contributed by atoms with Crippen molar-refractivity contribution < 1.29 is 14.4 Å². The van der Waals surface area contributed by atoms with Crippen molar-refractivity contribution in [2.45, 2.75) is 51.2 Å². The van der Waals surface area contributed by atoms with E-state index in [4.69, 9.17) is 0 Å². The highest BCUT2D eigenvalue weighted by atomic mass is 32.1. The van der Waals surface area contributed by atoms with Crippen LogP contribution in [0.2, 0.25) is 0 Å². The Kier molecular flexibility index (Phi) is 6.55. The molecule has 1 saturated heterocycles. The molecule has 1 aliphatic carbocycles. The fourth-order valence-electron chi connectivity index (χ4n) is 2.62. The fraction of sp³-hybridized carbons (Fsp3) is 0.786. The third kappa shape index (κ3) is 4.06. The smallest absolute Gasteiger partial charge is 0.242 e. The fourth-order valence-corrected chi connectivity index (χ4v) is 2.92. The molecule has 0 aromatic carbocycles. The Morgan fingerprint density at radius 3 is 2.21 bits per heavy atom. The van der Waals surface area contributed by atoms with Gasteiger partial charge in [0.25, 0.3) is 0 Å². The average Bonchev–Trinajstić information content (AvgIpc) is 2.68. The summed E-state index contributed by atoms with van der Waals surface area (Å²) in [5, 5.41) is -0.450. The van der Waals surface area contributed by atoms with Gasteiger partial charge < -0.3 is 4.79 Å². The molecule has 1 heterocycles. The molecular formula is C14H23NO3S. The second-order valence-corrected chi connectivity index (χ2v) is 5.60. The molecule has 19 heavy (non-hydrogen) atoms. The Bertz CT molecular complexity index is 338. The maximum Gasteiger partial charge on any atom is 0.242 e. The van der Waals surface area contributed by atoms with Crippen LogP contribution in [-0.2, 0) is 14.4 Å². The van der Waals surface area contributed by atoms with Crippen molar-refractivity contribution in [3.05, 3.63) is 0 Å². The maximum atomic E-state index is 11.7. The second-order valence-electron chi connectivity index (χ2n) is 4.98. The van der Waals surface area contributed by atoms with Gasteiger partial charge in [-0.25, -0.2) is 0 Å². The quantitative estimate of drug-likeness (QED) is 0.491. The van der Waals surface area contributed by atoms with Crippen LogP contribution in [0.3, 0.4) is 0 Å². The van der Waals surface area contributed by atoms with Crippen LogP contribution in [0.1, 0.15) is 46.0 Å². The largest absolute Gasteiger partial charge is 0.303 e. The molecular weight excluding hydrogens is 262 g/mol. The van der Waals surface area contributed by atoms with Crippen molar-refractivity contribution in [2.75, 3.05) is 6.54 Å². The van der Waals surface area contributed by atoms with Gasteiger partial charge in [-0.15, -0.1) is 0 Å². The summed E-state index contributed by atoms with van der Waals surface area (Å²) in [7, 11) is 0. The minimum Gasteiger partial charge on any atom is -0.303 e. The van der Waals surface area contributed by atoms with Crippen molar-refractivity contribution in [2.24, 2.45) is 11.8 Å². The lowest BCUT2D eigenvalue weighted by atomic mass is 9.82. The number of nitrogens with zero attached hydrogens (tertiary/aromatic N) is 1. The number of amides is 2. The van der Waals surface area contributed by atoms with Gasteiger partial charge in [0.05, 0.1) is 5.25 Å². The van der Waals surface area contributed by atoms with Crippen LogP contribution in [0.25, 0.3) is 0 Å². The monoisotopic (exact) mass is 285 g/mol. The molecule has 0 spiro atoms. The van der Waals surface area contributed by atoms with E-state index in [9.17, 15) is 14.4 Å². The number of hydrogen-bond acceptors (Lipinski definition) is 4. The van der Waals surface area contributed by atoms with E-state index in [0.29, 0.717) is 12.5 Å². The van der Waals surface area contributed by atoms with E-state index < -0.39 is 5.25 Å². The topological polar surface area (TPSA) is 54.5 Å². The van der Waals surface area contributed by atoms with E-state index in [2.05, 4.69) is 12.6 Å². The number of likely N-dealkylation sites (tertiary alicyclic amines) is 1. The first-order chi connectivity index (χ1) is 9.11. The number of thiol groups is 1. The van der Waals surface area contributed by atoms with Crippen molar-refractivity contribution in [3.8, 4) is 0 Å². The zero-order valence-corrected chi connectivity index (χ0v) is 12.6. The third-order valence-electron chi connectivity index (χ3n) is 3.74. The molecule has 2 aliphatic rings. The number of imide groups is 1. The summed E-state index contributed by atoms with van der Waals surface area (Å²) < 4.78 is 0. The minimum atomic E-state index is -0.450. The molecule has 0 bridgehead atoms. The maximum absolute atomic E-state index is 11.7. The van der Waals surface area contributed by atoms with Gasteiger partial charge in [0, 0.05) is 18.9 Å². The van der Waals surface area contributed by atoms with Gasteiger partial charge in [0.15, 0.2) is 0 Å². The van der Waals surface area contributed by atoms with E-state index in [-0.39, 0.29) is 24.2 Å². The van der Waals surface area contributed by atoms with Crippen molar-refractivity contribution in [3.63, 3.8) is 0 Å². The Labute approximate surface area is 120 Å². The van der Waals surface area contributed by atoms with Crippen LogP contribution >= 0.6 is 12.6 Å². The van der Waals surface area contributed by atoms with Gasteiger partial charge >= 0.3 is 0 Å². The molecule has 0 radical (unpaired) electrons. The zero-order chi connectivity index (χ0) is 14.4. The molecule has 2 fully saturated rings. The number of aldehydes is 1. The molecule has 0 aromatic rings. The molecule has 1 saturated carbocycles. The van der Waals surface area contributed by atoms with Crippen LogP contribution in [-0.4, -0.2) is 34.8 Å². The normalized spacial score (nSPS) is 30.9. The van der Waals surface area contributed by atoms with Crippen LogP contribution in [0.5, 0.6) is 0 Å². The molecule has 2 amide bonds. The van der Waals surface area contributed by atoms with E-state index in [0.717, 1.165) is 32.0 Å². The summed E-state index contributed by atoms with van der Waals surface area (Å²) in [6, 6.07) is 0. The highest BCUT2D eigenvalue weighted by Crippen LogP contribution is 2.29. The van der Waals surface area contributed by atoms with Crippen molar-refractivity contribution >= 4 is 30.7 Å². The van der Waals surface area contributed by atoms with Gasteiger partial charge in [-0.3, -0.25) is 14.5 Å². The molecule has 1 unspecified atom stereocenters. The lowest BCUT2D eigenvalue weighted by Crippen LogP contribution is -2.36. The predicted molar refractivity (Wildman–Crippen MR) is 77.0 cm³/mol. The average molecular weight is 285 g/mol. The molecule has 108 valence electrons. The number of carbonyl (C=O) groups excluding carboxylic acids is 3. The highest BCUT2D eigenvalue weighted by molar-refractivity contribution is 7.81. The first-order valence-electron chi connectivity index (χ1n) is 7.09. The summed E-state index contributed by atoms with van der Waals surface area (Å²) >= 11 is 4.09. The molecule has 5 heteroatoms. The standard InChI is InChI=1S/C12H17NO3S.C2H6/c14-7-9-3-1-8(2-4-9)6-13-11(15)5-10(17)12(13)16;1-2/h7-10,17H,1-6H2;1-2H3. The molecule has 4 nitrogen and oxygen atoms in total. The van der Waals surface area contributed by atoms with E-state index in [1.807, 2.05) is 13.8 Å². The predicted octanol–water partition coefficient (Wildman–Crippen LogP) is 2.08. The Morgan fingerprint density at radius 1 is 1.21 bits per heavy atom. The van der Waals surface area contributed by atoms with Crippen LogP contribution in [0.15, 0.2) is 0 Å². The zero-order valence-electron chi connectivity index (χ0n) is 11.7. The van der Waals surface area contributed by atoms with Gasteiger partial charge in [-0.05, 0) is 31.6 Å². The summed E-state index contributed by atoms with van der Waals surface area (Å²) in [6.07, 6.45) is 4.87. The molecule has 1 atom stereocenters. The summed E-state index contributed by atoms with van der Waals surface area (Å²) in [5.74, 6) is 0.273. The first kappa shape index (κ1) is 16.2. The van der Waals surface area contributed by atoms with Crippen molar-refractivity contribution in [1.82, 2.24) is 4.90 Å². The Hall–Kier alpha value is -0.840. The van der Waals surface area contributed by atoms with E-state index in [1.54, 1.807) is 0 Å². The Balaban J connectivity index is 0.000000861. The second kappa shape index (κ2) is 7.68. The number of rotatable bonds is 3. The first-order valence-corrected chi connectivity index (χ1v) is 7.61. The van der Waals surface area contributed by atoms with Gasteiger partial charge in [-0.1, -0.05) is 13.8 Å². The van der Waals surface area contributed by atoms with Gasteiger partial charge in [-0.2, -0.15) is 12.6 Å². The van der Waals surface area contributed by atoms with Gasteiger partial charge in [0.2, 0.25) is 11.8 Å². The van der Waals surface area contributed by atoms with Gasteiger partial charge in [0.1, 0.15) is 6.29 Å². The van der Waals surface area contributed by atoms with Crippen LogP contribution < -0.4 is 0 Å². The van der Waals surface area contributed by atoms with Crippen LogP contribution in [0.4, 0.5) is 0 Å². The highest BCUT2D eigenvalue weighted by Gasteiger charge is 2.37. The SMILES string of the molecule is CC.O=CC1CCC(CN2C(=O)CC(S)C2=O)CC1. The van der Waals surface area contributed by atoms with E-state index in [1.165, 1.54) is 4.90 Å². The lowest BCUT2D eigenvalue weighted by Gasteiger charge is -2.28. The third-order valence-corrected chi connectivity index (χ3v) is 4.15. The molecule has 0 N–H and O–H groups in total. The molecule has 0 aromatic heterocycles. The lowest BCUT2D eigenvalue weighted by molar-refractivity contribution is -0.139. The van der Waals surface area contributed by atoms with E-state index >= 15 is 0 Å². The number of hydrogen-bond donors (Lipinski definition) is 1. The Morgan fingerprint density at radius 2 is 1.79 bits per heavy atom. The molecule has 2 rings (SSSR count). The summed E-state index contributed by atoms with van der Waals surface area (Å²) in [5.41, 5.74) is 0. The minimum absolute atomic E-state index is 0.104.